The lowest BCUT2D eigenvalue weighted by Gasteiger charge is -2.26. The molecule has 2 atom stereocenters. The minimum atomic E-state index is 0.393. The second kappa shape index (κ2) is 7.14. The number of rotatable bonds is 5. The maximum Gasteiger partial charge on any atom is 0.200 e. The van der Waals surface area contributed by atoms with Crippen LogP contribution in [0.15, 0.2) is 36.4 Å². The minimum absolute atomic E-state index is 0.393. The molecule has 1 aromatic carbocycles. The van der Waals surface area contributed by atoms with E-state index in [1.807, 2.05) is 24.3 Å². The highest BCUT2D eigenvalue weighted by Crippen LogP contribution is 2.26. The molecular weight excluding hydrogens is 316 g/mol. The molecule has 25 heavy (non-hydrogen) atoms. The number of fused-ring (bicyclic) bond motifs is 1. The van der Waals surface area contributed by atoms with Crippen LogP contribution in [0.5, 0.6) is 0 Å². The van der Waals surface area contributed by atoms with Gasteiger partial charge in [-0.2, -0.15) is 0 Å². The van der Waals surface area contributed by atoms with Crippen LogP contribution in [0, 0.1) is 5.92 Å². The first kappa shape index (κ1) is 16.0. The fourth-order valence-electron chi connectivity index (χ4n) is 3.35. The third-order valence-corrected chi connectivity index (χ3v) is 4.64. The van der Waals surface area contributed by atoms with Crippen molar-refractivity contribution in [1.29, 1.82) is 0 Å². The quantitative estimate of drug-likeness (QED) is 0.769. The molecule has 130 valence electrons. The van der Waals surface area contributed by atoms with Gasteiger partial charge in [-0.3, -0.25) is 0 Å². The maximum atomic E-state index is 6.12. The summed E-state index contributed by atoms with van der Waals surface area (Å²) in [7, 11) is 0. The highest BCUT2D eigenvalue weighted by atomic mass is 16.5. The molecule has 2 aromatic heterocycles. The number of hydrogen-bond donors (Lipinski definition) is 1. The van der Waals surface area contributed by atoms with Crippen LogP contribution in [0.2, 0.25) is 0 Å². The summed E-state index contributed by atoms with van der Waals surface area (Å²) in [6.45, 7) is 2.96. The predicted molar refractivity (Wildman–Crippen MR) is 94.5 cm³/mol. The molecule has 7 nitrogen and oxygen atoms in total. The lowest BCUT2D eigenvalue weighted by atomic mass is 9.89. The number of hydrogen-bond acceptors (Lipinski definition) is 6. The third-order valence-electron chi connectivity index (χ3n) is 4.64. The summed E-state index contributed by atoms with van der Waals surface area (Å²) < 4.78 is 7.52. The van der Waals surface area contributed by atoms with E-state index in [2.05, 4.69) is 45.0 Å². The first-order chi connectivity index (χ1) is 12.3. The van der Waals surface area contributed by atoms with Crippen molar-refractivity contribution >= 4 is 17.2 Å². The van der Waals surface area contributed by atoms with E-state index in [-0.39, 0.29) is 0 Å². The van der Waals surface area contributed by atoms with E-state index >= 15 is 0 Å². The first-order valence-electron chi connectivity index (χ1n) is 8.79. The number of aromatic nitrogens is 5. The van der Waals surface area contributed by atoms with Crippen LogP contribution >= 0.6 is 0 Å². The first-order valence-corrected chi connectivity index (χ1v) is 8.79. The van der Waals surface area contributed by atoms with Gasteiger partial charge < -0.3 is 10.1 Å². The second-order valence-electron chi connectivity index (χ2n) is 6.78. The van der Waals surface area contributed by atoms with E-state index in [4.69, 9.17) is 4.74 Å². The van der Waals surface area contributed by atoms with Crippen molar-refractivity contribution in [1.82, 2.24) is 25.3 Å². The SMILES string of the molecule is CC1CCCC(OCc2cccc(Nc3ccc4nnnn4n3)c2)C1. The number of nitrogens with one attached hydrogen (secondary N) is 1. The molecular formula is C18H22N6O. The van der Waals surface area contributed by atoms with Crippen LogP contribution in [-0.2, 0) is 11.3 Å². The molecule has 0 spiro atoms. The zero-order valence-corrected chi connectivity index (χ0v) is 14.3. The van der Waals surface area contributed by atoms with Gasteiger partial charge in [0, 0.05) is 5.69 Å². The topological polar surface area (TPSA) is 77.2 Å². The van der Waals surface area contributed by atoms with Crippen molar-refractivity contribution in [2.75, 3.05) is 5.32 Å². The van der Waals surface area contributed by atoms with Gasteiger partial charge in [0.15, 0.2) is 11.5 Å². The molecule has 4 rings (SSSR count). The Morgan fingerprint density at radius 2 is 2.20 bits per heavy atom. The van der Waals surface area contributed by atoms with Gasteiger partial charge in [-0.25, -0.2) is 0 Å². The van der Waals surface area contributed by atoms with Crippen LogP contribution in [0.3, 0.4) is 0 Å². The van der Waals surface area contributed by atoms with Gasteiger partial charge in [0.05, 0.1) is 12.7 Å². The fraction of sp³-hybridized carbons (Fsp3) is 0.444. The van der Waals surface area contributed by atoms with E-state index in [1.165, 1.54) is 30.3 Å². The zero-order chi connectivity index (χ0) is 17.1. The van der Waals surface area contributed by atoms with Gasteiger partial charge in [0.25, 0.3) is 0 Å². The number of anilines is 2. The van der Waals surface area contributed by atoms with Gasteiger partial charge in [0.2, 0.25) is 0 Å². The summed E-state index contributed by atoms with van der Waals surface area (Å²) in [5.74, 6) is 1.47. The minimum Gasteiger partial charge on any atom is -0.374 e. The Balaban J connectivity index is 1.40. The molecule has 0 bridgehead atoms. The maximum absolute atomic E-state index is 6.12. The summed E-state index contributed by atoms with van der Waals surface area (Å²) >= 11 is 0. The van der Waals surface area contributed by atoms with Crippen LogP contribution in [-0.4, -0.2) is 31.4 Å². The average Bonchev–Trinajstić information content (AvgIpc) is 3.08. The highest BCUT2D eigenvalue weighted by molar-refractivity contribution is 5.57. The Hall–Kier alpha value is -2.54. The summed E-state index contributed by atoms with van der Waals surface area (Å²) in [5, 5.41) is 18.9. The van der Waals surface area contributed by atoms with Crippen molar-refractivity contribution in [2.45, 2.75) is 45.3 Å². The van der Waals surface area contributed by atoms with Crippen molar-refractivity contribution in [3.8, 4) is 0 Å². The predicted octanol–water partition coefficient (Wildman–Crippen LogP) is 3.36. The standard InChI is InChI=1S/C18H22N6O/c1-13-4-2-7-16(10-13)25-12-14-5-3-6-15(11-14)19-17-8-9-18-20-22-23-24(18)21-17/h3,5-6,8-9,11,13,16H,2,4,7,10,12H2,1H3,(H,19,21). The van der Waals surface area contributed by atoms with Crippen LogP contribution in [0.25, 0.3) is 5.65 Å². The molecule has 7 heteroatoms. The second-order valence-corrected chi connectivity index (χ2v) is 6.78. The smallest absolute Gasteiger partial charge is 0.200 e. The molecule has 1 aliphatic carbocycles. The summed E-state index contributed by atoms with van der Waals surface area (Å²) in [4.78, 5) is 0. The Morgan fingerprint density at radius 1 is 1.24 bits per heavy atom. The highest BCUT2D eigenvalue weighted by Gasteiger charge is 2.19. The van der Waals surface area contributed by atoms with Gasteiger partial charge in [-0.05, 0) is 59.0 Å². The molecule has 3 aromatic rings. The van der Waals surface area contributed by atoms with E-state index in [9.17, 15) is 0 Å². The Bertz CT molecular complexity index is 848. The molecule has 0 amide bonds. The normalized spacial score (nSPS) is 20.7. The van der Waals surface area contributed by atoms with Crippen molar-refractivity contribution < 1.29 is 4.74 Å². The monoisotopic (exact) mass is 338 g/mol. The third kappa shape index (κ3) is 3.93. The Morgan fingerprint density at radius 3 is 3.12 bits per heavy atom. The Kier molecular flexibility index (Phi) is 4.56. The molecule has 2 heterocycles. The summed E-state index contributed by atoms with van der Waals surface area (Å²) in [6.07, 6.45) is 5.35. The van der Waals surface area contributed by atoms with E-state index in [0.29, 0.717) is 24.2 Å². The number of tetrazole rings is 1. The molecule has 0 radical (unpaired) electrons. The lowest BCUT2D eigenvalue weighted by molar-refractivity contribution is 0.00469. The number of benzene rings is 1. The lowest BCUT2D eigenvalue weighted by Crippen LogP contribution is -2.21. The molecule has 1 saturated carbocycles. The average molecular weight is 338 g/mol. The molecule has 0 saturated heterocycles. The van der Waals surface area contributed by atoms with Crippen LogP contribution < -0.4 is 5.32 Å². The van der Waals surface area contributed by atoms with Crippen molar-refractivity contribution in [3.63, 3.8) is 0 Å². The largest absolute Gasteiger partial charge is 0.374 e. The van der Waals surface area contributed by atoms with Crippen molar-refractivity contribution in [3.05, 3.63) is 42.0 Å². The number of nitrogens with zero attached hydrogens (tertiary/aromatic N) is 5. The van der Waals surface area contributed by atoms with Crippen LogP contribution in [0.1, 0.15) is 38.2 Å². The van der Waals surface area contributed by atoms with Gasteiger partial charge in [-0.1, -0.05) is 31.9 Å². The van der Waals surface area contributed by atoms with Gasteiger partial charge in [-0.15, -0.1) is 14.8 Å². The molecule has 2 unspecified atom stereocenters. The van der Waals surface area contributed by atoms with Crippen LogP contribution in [0.4, 0.5) is 11.5 Å². The molecule has 1 N–H and O–H groups in total. The Labute approximate surface area is 146 Å². The molecule has 0 aliphatic heterocycles. The molecule has 1 fully saturated rings. The zero-order valence-electron chi connectivity index (χ0n) is 14.3. The van der Waals surface area contributed by atoms with E-state index < -0.39 is 0 Å². The van der Waals surface area contributed by atoms with E-state index in [0.717, 1.165) is 17.2 Å². The summed E-state index contributed by atoms with van der Waals surface area (Å²) in [5.41, 5.74) is 2.75. The fourth-order valence-corrected chi connectivity index (χ4v) is 3.35. The van der Waals surface area contributed by atoms with Crippen molar-refractivity contribution in [2.24, 2.45) is 5.92 Å². The van der Waals surface area contributed by atoms with E-state index in [1.54, 1.807) is 0 Å². The number of ether oxygens (including phenoxy) is 1. The molecule has 1 aliphatic rings. The summed E-state index contributed by atoms with van der Waals surface area (Å²) in [6, 6.07) is 11.9. The van der Waals surface area contributed by atoms with Gasteiger partial charge in [0.1, 0.15) is 0 Å². The van der Waals surface area contributed by atoms with Gasteiger partial charge >= 0.3 is 0 Å².